The highest BCUT2D eigenvalue weighted by Crippen LogP contribution is 2.30. The standard InChI is InChI=1S/C21H22ClFN2O3/c22-18-6-2-8-20(17(18)11-24)28-13-16(26)12-25-9-3-7-19(25)21(27)14-4-1-5-15(23)10-14/h1-2,4-6,8,10,16,19,21,26-27H,3,7,9,12-13H2/t16-,19+,21?/m1/s1. The summed E-state index contributed by atoms with van der Waals surface area (Å²) in [4.78, 5) is 1.99. The zero-order valence-electron chi connectivity index (χ0n) is 15.3. The summed E-state index contributed by atoms with van der Waals surface area (Å²) in [6, 6.07) is 12.7. The van der Waals surface area contributed by atoms with Gasteiger partial charge in [0.1, 0.15) is 35.9 Å². The summed E-state index contributed by atoms with van der Waals surface area (Å²) in [5.74, 6) is -0.0591. The molecule has 148 valence electrons. The molecule has 0 radical (unpaired) electrons. The van der Waals surface area contributed by atoms with Crippen molar-refractivity contribution in [3.8, 4) is 11.8 Å². The van der Waals surface area contributed by atoms with Gasteiger partial charge in [0.2, 0.25) is 0 Å². The molecule has 5 nitrogen and oxygen atoms in total. The van der Waals surface area contributed by atoms with E-state index in [0.29, 0.717) is 22.9 Å². The largest absolute Gasteiger partial charge is 0.489 e. The molecular weight excluding hydrogens is 383 g/mol. The molecule has 0 aromatic heterocycles. The molecule has 1 heterocycles. The van der Waals surface area contributed by atoms with E-state index < -0.39 is 12.2 Å². The van der Waals surface area contributed by atoms with Gasteiger partial charge in [0.05, 0.1) is 11.1 Å². The monoisotopic (exact) mass is 404 g/mol. The number of aliphatic hydroxyl groups is 2. The Bertz CT molecular complexity index is 858. The minimum atomic E-state index is -0.829. The summed E-state index contributed by atoms with van der Waals surface area (Å²) in [5.41, 5.74) is 0.761. The molecule has 0 aliphatic carbocycles. The maximum atomic E-state index is 13.5. The first-order chi connectivity index (χ1) is 13.5. The van der Waals surface area contributed by atoms with Crippen LogP contribution in [0.25, 0.3) is 0 Å². The Kier molecular flexibility index (Phi) is 6.87. The summed E-state index contributed by atoms with van der Waals surface area (Å²) in [6.07, 6.45) is 0.00517. The molecule has 28 heavy (non-hydrogen) atoms. The van der Waals surface area contributed by atoms with Crippen LogP contribution in [0.4, 0.5) is 4.39 Å². The first kappa shape index (κ1) is 20.6. The lowest BCUT2D eigenvalue weighted by Gasteiger charge is -2.30. The van der Waals surface area contributed by atoms with Gasteiger partial charge >= 0.3 is 0 Å². The second-order valence-electron chi connectivity index (χ2n) is 6.89. The fourth-order valence-corrected chi connectivity index (χ4v) is 3.80. The number of likely N-dealkylation sites (tertiary alicyclic amines) is 1. The number of aliphatic hydroxyl groups excluding tert-OH is 2. The number of halogens is 2. The SMILES string of the molecule is N#Cc1c(Cl)cccc1OC[C@H](O)CN1CCC[C@H]1C(O)c1cccc(F)c1. The molecule has 3 rings (SSSR count). The molecule has 1 aliphatic heterocycles. The van der Waals surface area contributed by atoms with E-state index in [9.17, 15) is 19.9 Å². The first-order valence-electron chi connectivity index (χ1n) is 9.16. The normalized spacial score (nSPS) is 19.2. The van der Waals surface area contributed by atoms with Gasteiger partial charge in [0.25, 0.3) is 0 Å². The number of β-amino-alcohol motifs (C(OH)–C–C–N with tert-alkyl or cyclic N) is 1. The Labute approximate surface area is 168 Å². The average molecular weight is 405 g/mol. The smallest absolute Gasteiger partial charge is 0.138 e. The van der Waals surface area contributed by atoms with Gasteiger partial charge in [0, 0.05) is 12.6 Å². The van der Waals surface area contributed by atoms with Gasteiger partial charge in [0.15, 0.2) is 0 Å². The summed E-state index contributed by atoms with van der Waals surface area (Å²) in [7, 11) is 0. The summed E-state index contributed by atoms with van der Waals surface area (Å²) >= 11 is 5.98. The molecule has 2 aromatic rings. The van der Waals surface area contributed by atoms with Crippen molar-refractivity contribution < 1.29 is 19.3 Å². The number of hydrogen-bond acceptors (Lipinski definition) is 5. The Morgan fingerprint density at radius 3 is 2.82 bits per heavy atom. The van der Waals surface area contributed by atoms with E-state index in [4.69, 9.17) is 16.3 Å². The predicted molar refractivity (Wildman–Crippen MR) is 104 cm³/mol. The van der Waals surface area contributed by atoms with Crippen molar-refractivity contribution in [2.24, 2.45) is 0 Å². The van der Waals surface area contributed by atoms with Crippen molar-refractivity contribution in [3.63, 3.8) is 0 Å². The third-order valence-electron chi connectivity index (χ3n) is 4.93. The number of nitriles is 1. The van der Waals surface area contributed by atoms with Crippen LogP contribution < -0.4 is 4.74 Å². The van der Waals surface area contributed by atoms with Crippen molar-refractivity contribution in [3.05, 3.63) is 64.4 Å². The molecule has 2 N–H and O–H groups in total. The predicted octanol–water partition coefficient (Wildman–Crippen LogP) is 3.29. The Balaban J connectivity index is 1.60. The number of hydrogen-bond donors (Lipinski definition) is 2. The first-order valence-corrected chi connectivity index (χ1v) is 9.54. The van der Waals surface area contributed by atoms with Crippen molar-refractivity contribution in [1.82, 2.24) is 4.90 Å². The molecule has 1 aliphatic rings. The fraction of sp³-hybridized carbons (Fsp3) is 0.381. The number of rotatable bonds is 7. The number of nitrogens with zero attached hydrogens (tertiary/aromatic N) is 2. The molecule has 1 fully saturated rings. The second-order valence-corrected chi connectivity index (χ2v) is 7.30. The van der Waals surface area contributed by atoms with Gasteiger partial charge in [-0.1, -0.05) is 29.8 Å². The highest BCUT2D eigenvalue weighted by atomic mass is 35.5. The molecular formula is C21H22ClFN2O3. The molecule has 0 saturated carbocycles. The van der Waals surface area contributed by atoms with Gasteiger partial charge in [-0.3, -0.25) is 4.90 Å². The lowest BCUT2D eigenvalue weighted by Crippen LogP contribution is -2.41. The maximum absolute atomic E-state index is 13.5. The lowest BCUT2D eigenvalue weighted by atomic mass is 10.00. The molecule has 0 amide bonds. The van der Waals surface area contributed by atoms with Gasteiger partial charge in [-0.2, -0.15) is 5.26 Å². The van der Waals surface area contributed by atoms with E-state index >= 15 is 0 Å². The lowest BCUT2D eigenvalue weighted by molar-refractivity contribution is 0.0258. The van der Waals surface area contributed by atoms with E-state index in [-0.39, 0.29) is 24.0 Å². The maximum Gasteiger partial charge on any atom is 0.138 e. The van der Waals surface area contributed by atoms with Crippen molar-refractivity contribution in [2.75, 3.05) is 19.7 Å². The Morgan fingerprint density at radius 1 is 1.29 bits per heavy atom. The second kappa shape index (κ2) is 9.35. The van der Waals surface area contributed by atoms with E-state index in [2.05, 4.69) is 0 Å². The topological polar surface area (TPSA) is 76.7 Å². The molecule has 1 saturated heterocycles. The van der Waals surface area contributed by atoms with Crippen LogP contribution >= 0.6 is 11.6 Å². The fourth-order valence-electron chi connectivity index (χ4n) is 3.59. The number of benzene rings is 2. The zero-order chi connectivity index (χ0) is 20.1. The Hall–Kier alpha value is -2.17. The van der Waals surface area contributed by atoms with Crippen LogP contribution in [0.5, 0.6) is 5.75 Å². The molecule has 7 heteroatoms. The molecule has 0 spiro atoms. The van der Waals surface area contributed by atoms with Crippen LogP contribution in [0.1, 0.15) is 30.1 Å². The third kappa shape index (κ3) is 4.81. The van der Waals surface area contributed by atoms with Crippen LogP contribution in [-0.2, 0) is 0 Å². The average Bonchev–Trinajstić information content (AvgIpc) is 3.13. The quantitative estimate of drug-likeness (QED) is 0.740. The molecule has 2 aromatic carbocycles. The highest BCUT2D eigenvalue weighted by Gasteiger charge is 2.32. The van der Waals surface area contributed by atoms with E-state index in [1.807, 2.05) is 11.0 Å². The van der Waals surface area contributed by atoms with E-state index in [1.165, 1.54) is 12.1 Å². The molecule has 3 atom stereocenters. The molecule has 0 bridgehead atoms. The van der Waals surface area contributed by atoms with E-state index in [0.717, 1.165) is 19.4 Å². The van der Waals surface area contributed by atoms with Crippen LogP contribution in [0.3, 0.4) is 0 Å². The van der Waals surface area contributed by atoms with Gasteiger partial charge in [-0.15, -0.1) is 0 Å². The third-order valence-corrected chi connectivity index (χ3v) is 5.25. The van der Waals surface area contributed by atoms with Gasteiger partial charge in [-0.25, -0.2) is 4.39 Å². The van der Waals surface area contributed by atoms with Gasteiger partial charge in [-0.05, 0) is 49.2 Å². The summed E-state index contributed by atoms with van der Waals surface area (Å²) < 4.78 is 19.0. The summed E-state index contributed by atoms with van der Waals surface area (Å²) in [5, 5.41) is 30.5. The summed E-state index contributed by atoms with van der Waals surface area (Å²) in [6.45, 7) is 1.03. The minimum absolute atomic E-state index is 0.00565. The van der Waals surface area contributed by atoms with Gasteiger partial charge < -0.3 is 14.9 Å². The van der Waals surface area contributed by atoms with Crippen molar-refractivity contribution >= 4 is 11.6 Å². The van der Waals surface area contributed by atoms with Crippen molar-refractivity contribution in [2.45, 2.75) is 31.1 Å². The minimum Gasteiger partial charge on any atom is -0.489 e. The Morgan fingerprint density at radius 2 is 2.07 bits per heavy atom. The van der Waals surface area contributed by atoms with Crippen LogP contribution in [0, 0.1) is 17.1 Å². The van der Waals surface area contributed by atoms with E-state index in [1.54, 1.807) is 30.3 Å². The van der Waals surface area contributed by atoms with Crippen LogP contribution in [-0.4, -0.2) is 47.0 Å². The zero-order valence-corrected chi connectivity index (χ0v) is 16.0. The highest BCUT2D eigenvalue weighted by molar-refractivity contribution is 6.31. The number of ether oxygens (including phenoxy) is 1. The van der Waals surface area contributed by atoms with Crippen LogP contribution in [0.15, 0.2) is 42.5 Å². The van der Waals surface area contributed by atoms with Crippen LogP contribution in [0.2, 0.25) is 5.02 Å². The molecule has 1 unspecified atom stereocenters. The van der Waals surface area contributed by atoms with Crippen molar-refractivity contribution in [1.29, 1.82) is 5.26 Å².